The molecule has 0 bridgehead atoms. The molecule has 0 saturated carbocycles. The fourth-order valence-electron chi connectivity index (χ4n) is 4.81. The summed E-state index contributed by atoms with van der Waals surface area (Å²) in [5.74, 6) is 0.953. The first kappa shape index (κ1) is 27.9. The van der Waals surface area contributed by atoms with E-state index in [1.165, 1.54) is 5.56 Å². The van der Waals surface area contributed by atoms with Crippen molar-refractivity contribution >= 4 is 19.9 Å². The molecule has 0 aliphatic carbocycles. The third kappa shape index (κ3) is 6.13. The number of ether oxygens (including phenoxy) is 1. The van der Waals surface area contributed by atoms with E-state index < -0.39 is 8.32 Å². The van der Waals surface area contributed by atoms with Crippen molar-refractivity contribution in [3.63, 3.8) is 0 Å². The van der Waals surface area contributed by atoms with E-state index >= 15 is 0 Å². The van der Waals surface area contributed by atoms with Gasteiger partial charge >= 0.3 is 0 Å². The fourth-order valence-corrected chi connectivity index (χ4v) is 6.24. The third-order valence-electron chi connectivity index (χ3n) is 8.00. The van der Waals surface area contributed by atoms with Gasteiger partial charge in [-0.25, -0.2) is 0 Å². The van der Waals surface area contributed by atoms with E-state index in [0.717, 1.165) is 29.8 Å². The normalized spacial score (nSPS) is 18.7. The first-order chi connectivity index (χ1) is 18.0. The van der Waals surface area contributed by atoms with Crippen LogP contribution in [0.1, 0.15) is 51.3 Å². The number of phenolic OH excluding ortho intramolecular Hbond substituents is 1. The number of nitrogens with zero attached hydrogens (tertiary/aromatic N) is 1. The van der Waals surface area contributed by atoms with Gasteiger partial charge in [0.1, 0.15) is 11.5 Å². The SMILES string of the molecule is CC(O[Si](C)(C)C(C)(C)C)[C@H]1C(=O)N(c2ccc(OCCCc3ccc(O)cc3)cc2)[C@@H]1c1ccccc1. The van der Waals surface area contributed by atoms with Gasteiger partial charge in [-0.3, -0.25) is 4.79 Å². The van der Waals surface area contributed by atoms with E-state index in [9.17, 15) is 9.90 Å². The van der Waals surface area contributed by atoms with Crippen molar-refractivity contribution < 1.29 is 19.1 Å². The number of amides is 1. The molecule has 1 aliphatic rings. The maximum atomic E-state index is 13.6. The van der Waals surface area contributed by atoms with Crippen LogP contribution in [0.25, 0.3) is 0 Å². The second-order valence-electron chi connectivity index (χ2n) is 11.8. The van der Waals surface area contributed by atoms with Crippen molar-refractivity contribution in [2.45, 2.75) is 70.8 Å². The van der Waals surface area contributed by atoms with E-state index in [2.05, 4.69) is 52.9 Å². The molecule has 1 saturated heterocycles. The largest absolute Gasteiger partial charge is 0.508 e. The summed E-state index contributed by atoms with van der Waals surface area (Å²) < 4.78 is 12.6. The van der Waals surface area contributed by atoms with Crippen LogP contribution in [0.4, 0.5) is 5.69 Å². The van der Waals surface area contributed by atoms with E-state index in [4.69, 9.17) is 9.16 Å². The molecular weight excluding hydrogens is 490 g/mol. The molecular formula is C32H41NO4Si. The number of phenols is 1. The van der Waals surface area contributed by atoms with Crippen molar-refractivity contribution in [3.8, 4) is 11.5 Å². The Hall–Kier alpha value is -3.09. The lowest BCUT2D eigenvalue weighted by Gasteiger charge is -2.51. The summed E-state index contributed by atoms with van der Waals surface area (Å²) in [6, 6.07) is 25.3. The number of hydrogen-bond donors (Lipinski definition) is 1. The van der Waals surface area contributed by atoms with Crippen LogP contribution in [0, 0.1) is 5.92 Å². The Balaban J connectivity index is 1.43. The molecule has 5 nitrogen and oxygen atoms in total. The topological polar surface area (TPSA) is 59.0 Å². The van der Waals surface area contributed by atoms with E-state index in [1.807, 2.05) is 59.5 Å². The van der Waals surface area contributed by atoms with Gasteiger partial charge in [0.15, 0.2) is 8.32 Å². The average Bonchev–Trinajstić information content (AvgIpc) is 2.86. The summed E-state index contributed by atoms with van der Waals surface area (Å²) in [5.41, 5.74) is 3.17. The molecule has 3 aromatic rings. The maximum absolute atomic E-state index is 13.6. The molecule has 1 N–H and O–H groups in total. The lowest BCUT2D eigenvalue weighted by molar-refractivity contribution is -0.134. The molecule has 3 atom stereocenters. The molecule has 4 rings (SSSR count). The summed E-state index contributed by atoms with van der Waals surface area (Å²) in [7, 11) is -2.02. The minimum absolute atomic E-state index is 0.0689. The van der Waals surface area contributed by atoms with Crippen LogP contribution in [0.2, 0.25) is 18.1 Å². The summed E-state index contributed by atoms with van der Waals surface area (Å²) in [4.78, 5) is 15.5. The van der Waals surface area contributed by atoms with E-state index in [1.54, 1.807) is 12.1 Å². The maximum Gasteiger partial charge on any atom is 0.235 e. The summed E-state index contributed by atoms with van der Waals surface area (Å²) in [6.07, 6.45) is 1.60. The van der Waals surface area contributed by atoms with Gasteiger partial charge in [-0.1, -0.05) is 63.2 Å². The van der Waals surface area contributed by atoms with Gasteiger partial charge in [0.2, 0.25) is 5.91 Å². The zero-order chi connectivity index (χ0) is 27.5. The Labute approximate surface area is 228 Å². The van der Waals surface area contributed by atoms with Gasteiger partial charge < -0.3 is 19.2 Å². The molecule has 1 heterocycles. The molecule has 1 fully saturated rings. The third-order valence-corrected chi connectivity index (χ3v) is 12.6. The Bertz CT molecular complexity index is 1200. The number of aryl methyl sites for hydroxylation is 1. The zero-order valence-corrected chi connectivity index (χ0v) is 24.5. The second-order valence-corrected chi connectivity index (χ2v) is 16.5. The van der Waals surface area contributed by atoms with Crippen LogP contribution >= 0.6 is 0 Å². The van der Waals surface area contributed by atoms with Crippen molar-refractivity contribution in [2.24, 2.45) is 5.92 Å². The molecule has 3 aromatic carbocycles. The lowest BCUT2D eigenvalue weighted by Crippen LogP contribution is -2.61. The van der Waals surface area contributed by atoms with Gasteiger partial charge in [0.25, 0.3) is 0 Å². The first-order valence-electron chi connectivity index (χ1n) is 13.5. The molecule has 38 heavy (non-hydrogen) atoms. The zero-order valence-electron chi connectivity index (χ0n) is 23.5. The van der Waals surface area contributed by atoms with Gasteiger partial charge in [-0.05, 0) is 85.4 Å². The van der Waals surface area contributed by atoms with Crippen LogP contribution in [0.3, 0.4) is 0 Å². The number of carbonyl (C=O) groups is 1. The van der Waals surface area contributed by atoms with Crippen molar-refractivity contribution in [3.05, 3.63) is 90.0 Å². The molecule has 0 aromatic heterocycles. The minimum atomic E-state index is -2.02. The molecule has 6 heteroatoms. The number of anilines is 1. The highest BCUT2D eigenvalue weighted by Gasteiger charge is 2.53. The van der Waals surface area contributed by atoms with Gasteiger partial charge in [-0.2, -0.15) is 0 Å². The molecule has 1 aliphatic heterocycles. The number of benzene rings is 3. The van der Waals surface area contributed by atoms with Crippen molar-refractivity contribution in [1.29, 1.82) is 0 Å². The van der Waals surface area contributed by atoms with Crippen molar-refractivity contribution in [1.82, 2.24) is 0 Å². The molecule has 1 amide bonds. The van der Waals surface area contributed by atoms with Gasteiger partial charge in [0, 0.05) is 5.69 Å². The predicted octanol–water partition coefficient (Wildman–Crippen LogP) is 7.52. The second kappa shape index (κ2) is 11.3. The summed E-state index contributed by atoms with van der Waals surface area (Å²) in [5, 5.41) is 9.50. The quantitative estimate of drug-likeness (QED) is 0.167. The number of aromatic hydroxyl groups is 1. The highest BCUT2D eigenvalue weighted by Crippen LogP contribution is 2.48. The Kier molecular flexibility index (Phi) is 8.33. The number of hydrogen-bond acceptors (Lipinski definition) is 4. The molecule has 0 spiro atoms. The van der Waals surface area contributed by atoms with Crippen LogP contribution in [0.5, 0.6) is 11.5 Å². The minimum Gasteiger partial charge on any atom is -0.508 e. The Morgan fingerprint density at radius 1 is 0.947 bits per heavy atom. The number of rotatable bonds is 10. The summed E-state index contributed by atoms with van der Waals surface area (Å²) in [6.45, 7) is 13.8. The Morgan fingerprint density at radius 3 is 2.18 bits per heavy atom. The Morgan fingerprint density at radius 2 is 1.58 bits per heavy atom. The first-order valence-corrected chi connectivity index (χ1v) is 16.5. The monoisotopic (exact) mass is 531 g/mol. The lowest BCUT2D eigenvalue weighted by atomic mass is 9.78. The van der Waals surface area contributed by atoms with Gasteiger partial charge in [-0.15, -0.1) is 0 Å². The molecule has 202 valence electrons. The smallest absolute Gasteiger partial charge is 0.235 e. The molecule has 1 unspecified atom stereocenters. The summed E-state index contributed by atoms with van der Waals surface area (Å²) >= 11 is 0. The van der Waals surface area contributed by atoms with Crippen LogP contribution < -0.4 is 9.64 Å². The average molecular weight is 532 g/mol. The number of carbonyl (C=O) groups excluding carboxylic acids is 1. The van der Waals surface area contributed by atoms with Crippen LogP contribution in [-0.2, 0) is 15.6 Å². The van der Waals surface area contributed by atoms with Crippen molar-refractivity contribution in [2.75, 3.05) is 11.5 Å². The van der Waals surface area contributed by atoms with Crippen LogP contribution in [0.15, 0.2) is 78.9 Å². The van der Waals surface area contributed by atoms with Crippen LogP contribution in [-0.4, -0.2) is 32.0 Å². The van der Waals surface area contributed by atoms with E-state index in [0.29, 0.717) is 6.61 Å². The highest BCUT2D eigenvalue weighted by atomic mass is 28.4. The fraction of sp³-hybridized carbons (Fsp3) is 0.406. The number of β-lactam (4-membered cyclic amide) rings is 1. The standard InChI is InChI=1S/C32H41NO4Si/c1-23(37-38(5,6)32(2,3)4)29-30(25-12-8-7-9-13-25)33(31(29)35)26-16-20-28(21-17-26)36-22-10-11-24-14-18-27(34)19-15-24/h7-9,12-21,23,29-30,34H,10-11,22H2,1-6H3/t23?,29-,30-/m1/s1. The predicted molar refractivity (Wildman–Crippen MR) is 156 cm³/mol. The van der Waals surface area contributed by atoms with E-state index in [-0.39, 0.29) is 34.8 Å². The molecule has 0 radical (unpaired) electrons. The highest BCUT2D eigenvalue weighted by molar-refractivity contribution is 6.74. The van der Waals surface area contributed by atoms with Gasteiger partial charge in [0.05, 0.1) is 24.7 Å².